The first-order valence-corrected chi connectivity index (χ1v) is 8.24. The molecule has 0 spiro atoms. The van der Waals surface area contributed by atoms with E-state index in [0.29, 0.717) is 0 Å². The normalized spacial score (nSPS) is 23.9. The minimum Gasteiger partial charge on any atom is -0.325 e. The molecule has 1 N–H and O–H groups in total. The molecule has 0 aromatic rings. The van der Waals surface area contributed by atoms with Gasteiger partial charge in [0.15, 0.2) is 0 Å². The van der Waals surface area contributed by atoms with Crippen LogP contribution in [0, 0.1) is 11.3 Å². The smallest absolute Gasteiger partial charge is 0.318 e. The van der Waals surface area contributed by atoms with Gasteiger partial charge in [-0.25, -0.2) is 4.79 Å². The average Bonchev–Trinajstić information content (AvgIpc) is 2.71. The van der Waals surface area contributed by atoms with E-state index >= 15 is 0 Å². The van der Waals surface area contributed by atoms with Gasteiger partial charge >= 0.3 is 6.03 Å². The summed E-state index contributed by atoms with van der Waals surface area (Å²) in [5.74, 6) is 0. The molecular formula is C16H27N3O. The standard InChI is InChI=1S/C16H27N3O/c17-14-16(10-6-2-1-3-7-11-16)18-15(20)19-12-8-4-5-9-13-19/h1-13H2,(H,18,20). The van der Waals surface area contributed by atoms with Crippen molar-refractivity contribution in [3.63, 3.8) is 0 Å². The van der Waals surface area contributed by atoms with Crippen molar-refractivity contribution in [3.8, 4) is 6.07 Å². The van der Waals surface area contributed by atoms with E-state index in [1.807, 2.05) is 4.90 Å². The van der Waals surface area contributed by atoms with Gasteiger partial charge in [-0.05, 0) is 25.7 Å². The van der Waals surface area contributed by atoms with Crippen LogP contribution in [-0.2, 0) is 0 Å². The van der Waals surface area contributed by atoms with Crippen LogP contribution in [0.15, 0.2) is 0 Å². The van der Waals surface area contributed by atoms with Gasteiger partial charge in [0.1, 0.15) is 5.54 Å². The minimum absolute atomic E-state index is 0.0194. The fourth-order valence-corrected chi connectivity index (χ4v) is 3.33. The molecule has 1 aliphatic heterocycles. The van der Waals surface area contributed by atoms with Crippen LogP contribution in [0.25, 0.3) is 0 Å². The Bertz CT molecular complexity index is 345. The van der Waals surface area contributed by atoms with Gasteiger partial charge in [0.25, 0.3) is 0 Å². The summed E-state index contributed by atoms with van der Waals surface area (Å²) in [5, 5.41) is 12.7. The number of urea groups is 1. The average molecular weight is 277 g/mol. The number of likely N-dealkylation sites (tertiary alicyclic amines) is 1. The first kappa shape index (κ1) is 15.2. The maximum absolute atomic E-state index is 12.4. The molecule has 1 saturated carbocycles. The van der Waals surface area contributed by atoms with Gasteiger partial charge in [-0.15, -0.1) is 0 Å². The van der Waals surface area contributed by atoms with Gasteiger partial charge in [0.2, 0.25) is 0 Å². The maximum atomic E-state index is 12.4. The molecule has 2 amide bonds. The van der Waals surface area contributed by atoms with Crippen molar-refractivity contribution >= 4 is 6.03 Å². The number of nitrogens with one attached hydrogen (secondary N) is 1. The van der Waals surface area contributed by atoms with Crippen LogP contribution in [-0.4, -0.2) is 29.6 Å². The Labute approximate surface area is 122 Å². The molecule has 1 heterocycles. The van der Waals surface area contributed by atoms with Crippen molar-refractivity contribution in [1.29, 1.82) is 5.26 Å². The number of carbonyl (C=O) groups excluding carboxylic acids is 1. The fourth-order valence-electron chi connectivity index (χ4n) is 3.33. The lowest BCUT2D eigenvalue weighted by Gasteiger charge is -2.32. The molecule has 0 atom stereocenters. The molecular weight excluding hydrogens is 250 g/mol. The summed E-state index contributed by atoms with van der Waals surface area (Å²) in [5.41, 5.74) is -0.621. The molecule has 2 fully saturated rings. The second-order valence-corrected chi connectivity index (χ2v) is 6.29. The van der Waals surface area contributed by atoms with E-state index in [1.165, 1.54) is 32.1 Å². The molecule has 2 aliphatic rings. The Balaban J connectivity index is 1.96. The molecule has 1 aliphatic carbocycles. The first-order chi connectivity index (χ1) is 9.76. The van der Waals surface area contributed by atoms with Crippen molar-refractivity contribution in [3.05, 3.63) is 0 Å². The number of nitrogens with zero attached hydrogens (tertiary/aromatic N) is 2. The van der Waals surface area contributed by atoms with Crippen LogP contribution >= 0.6 is 0 Å². The molecule has 0 radical (unpaired) electrons. The zero-order valence-electron chi connectivity index (χ0n) is 12.5. The van der Waals surface area contributed by atoms with Crippen LogP contribution in [0.5, 0.6) is 0 Å². The molecule has 2 rings (SSSR count). The molecule has 1 saturated heterocycles. The van der Waals surface area contributed by atoms with Gasteiger partial charge in [-0.2, -0.15) is 5.26 Å². The highest BCUT2D eigenvalue weighted by atomic mass is 16.2. The lowest BCUT2D eigenvalue weighted by molar-refractivity contribution is 0.185. The number of rotatable bonds is 1. The summed E-state index contributed by atoms with van der Waals surface area (Å²) in [6.07, 6.45) is 12.0. The Kier molecular flexibility index (Phi) is 5.70. The van der Waals surface area contributed by atoms with Crippen LogP contribution in [0.3, 0.4) is 0 Å². The Hall–Kier alpha value is -1.24. The molecule has 0 bridgehead atoms. The summed E-state index contributed by atoms with van der Waals surface area (Å²) in [4.78, 5) is 14.4. The van der Waals surface area contributed by atoms with Crippen molar-refractivity contribution < 1.29 is 4.79 Å². The zero-order chi connectivity index (χ0) is 14.3. The van der Waals surface area contributed by atoms with Gasteiger partial charge in [-0.1, -0.05) is 44.9 Å². The predicted octanol–water partition coefficient (Wildman–Crippen LogP) is 3.58. The third-order valence-electron chi connectivity index (χ3n) is 4.66. The fraction of sp³-hybridized carbons (Fsp3) is 0.875. The van der Waals surface area contributed by atoms with Crippen LogP contribution < -0.4 is 5.32 Å². The summed E-state index contributed by atoms with van der Waals surface area (Å²) in [7, 11) is 0. The first-order valence-electron chi connectivity index (χ1n) is 8.24. The van der Waals surface area contributed by atoms with E-state index in [0.717, 1.165) is 51.6 Å². The van der Waals surface area contributed by atoms with E-state index in [1.54, 1.807) is 0 Å². The summed E-state index contributed by atoms with van der Waals surface area (Å²) >= 11 is 0. The van der Waals surface area contributed by atoms with Crippen molar-refractivity contribution in [2.45, 2.75) is 76.2 Å². The third-order valence-corrected chi connectivity index (χ3v) is 4.66. The van der Waals surface area contributed by atoms with Crippen molar-refractivity contribution in [2.24, 2.45) is 0 Å². The predicted molar refractivity (Wildman–Crippen MR) is 79.2 cm³/mol. The van der Waals surface area contributed by atoms with Gasteiger partial charge in [0, 0.05) is 13.1 Å². The van der Waals surface area contributed by atoms with E-state index < -0.39 is 5.54 Å². The summed E-state index contributed by atoms with van der Waals surface area (Å²) < 4.78 is 0. The largest absolute Gasteiger partial charge is 0.325 e. The number of amides is 2. The second kappa shape index (κ2) is 7.52. The number of hydrogen-bond donors (Lipinski definition) is 1. The molecule has 0 aromatic heterocycles. The summed E-state index contributed by atoms with van der Waals surface area (Å²) in [6, 6.07) is 2.39. The molecule has 4 nitrogen and oxygen atoms in total. The van der Waals surface area contributed by atoms with E-state index in [4.69, 9.17) is 0 Å². The van der Waals surface area contributed by atoms with E-state index in [9.17, 15) is 10.1 Å². The Morgan fingerprint density at radius 1 is 0.900 bits per heavy atom. The zero-order valence-corrected chi connectivity index (χ0v) is 12.5. The SMILES string of the molecule is N#CC1(NC(=O)N2CCCCCC2)CCCCCCC1. The molecule has 112 valence electrons. The Morgan fingerprint density at radius 2 is 1.40 bits per heavy atom. The monoisotopic (exact) mass is 277 g/mol. The number of hydrogen-bond acceptors (Lipinski definition) is 2. The highest BCUT2D eigenvalue weighted by Gasteiger charge is 2.33. The van der Waals surface area contributed by atoms with Gasteiger partial charge in [-0.3, -0.25) is 0 Å². The molecule has 20 heavy (non-hydrogen) atoms. The van der Waals surface area contributed by atoms with Crippen LogP contribution in [0.1, 0.15) is 70.6 Å². The number of carbonyl (C=O) groups is 1. The van der Waals surface area contributed by atoms with Gasteiger partial charge < -0.3 is 10.2 Å². The third kappa shape index (κ3) is 4.13. The molecule has 0 unspecified atom stereocenters. The van der Waals surface area contributed by atoms with E-state index in [-0.39, 0.29) is 6.03 Å². The molecule has 4 heteroatoms. The van der Waals surface area contributed by atoms with Gasteiger partial charge in [0.05, 0.1) is 6.07 Å². The van der Waals surface area contributed by atoms with E-state index in [2.05, 4.69) is 11.4 Å². The Morgan fingerprint density at radius 3 is 1.95 bits per heavy atom. The number of nitriles is 1. The van der Waals surface area contributed by atoms with Crippen LogP contribution in [0.4, 0.5) is 4.79 Å². The van der Waals surface area contributed by atoms with Crippen molar-refractivity contribution in [2.75, 3.05) is 13.1 Å². The second-order valence-electron chi connectivity index (χ2n) is 6.29. The quantitative estimate of drug-likeness (QED) is 0.796. The van der Waals surface area contributed by atoms with Crippen LogP contribution in [0.2, 0.25) is 0 Å². The lowest BCUT2D eigenvalue weighted by Crippen LogP contribution is -2.53. The van der Waals surface area contributed by atoms with Crippen molar-refractivity contribution in [1.82, 2.24) is 10.2 Å². The topological polar surface area (TPSA) is 56.1 Å². The minimum atomic E-state index is -0.621. The lowest BCUT2D eigenvalue weighted by atomic mass is 9.85. The highest BCUT2D eigenvalue weighted by molar-refractivity contribution is 5.75. The highest BCUT2D eigenvalue weighted by Crippen LogP contribution is 2.26. The molecule has 0 aromatic carbocycles. The maximum Gasteiger partial charge on any atom is 0.318 e. The summed E-state index contributed by atoms with van der Waals surface area (Å²) in [6.45, 7) is 1.68.